The molecule has 3 aromatic carbocycles. The van der Waals surface area contributed by atoms with Crippen LogP contribution in [0.3, 0.4) is 0 Å². The van der Waals surface area contributed by atoms with Crippen molar-refractivity contribution in [2.24, 2.45) is 23.7 Å². The van der Waals surface area contributed by atoms with E-state index in [1.165, 1.54) is 48.8 Å². The first-order valence-corrected chi connectivity index (χ1v) is 17.0. The third-order valence-electron chi connectivity index (χ3n) is 11.2. The molecular formula is C42H34N6. The van der Waals surface area contributed by atoms with Crippen LogP contribution in [0.5, 0.6) is 0 Å². The van der Waals surface area contributed by atoms with E-state index in [1.54, 1.807) is 12.4 Å². The highest BCUT2D eigenvalue weighted by Crippen LogP contribution is 2.65. The monoisotopic (exact) mass is 622 g/mol. The lowest BCUT2D eigenvalue weighted by molar-refractivity contribution is -0.0418. The molecule has 4 saturated carbocycles. The van der Waals surface area contributed by atoms with Gasteiger partial charge in [-0.25, -0.2) is 15.0 Å². The maximum Gasteiger partial charge on any atom is 0.182 e. The maximum absolute atomic E-state index is 9.25. The van der Waals surface area contributed by atoms with Crippen molar-refractivity contribution in [1.82, 2.24) is 24.9 Å². The highest BCUT2D eigenvalue weighted by atomic mass is 15.1. The summed E-state index contributed by atoms with van der Waals surface area (Å²) in [7, 11) is 0. The number of hydrogen-bond acceptors (Lipinski definition) is 6. The van der Waals surface area contributed by atoms with Gasteiger partial charge in [0.15, 0.2) is 17.5 Å². The van der Waals surface area contributed by atoms with Crippen LogP contribution >= 0.6 is 0 Å². The molecule has 0 radical (unpaired) electrons. The van der Waals surface area contributed by atoms with Crippen LogP contribution in [-0.4, -0.2) is 24.9 Å². The number of pyridine rings is 2. The lowest BCUT2D eigenvalue weighted by atomic mass is 9.42. The summed E-state index contributed by atoms with van der Waals surface area (Å²) in [6, 6.07) is 40.1. The quantitative estimate of drug-likeness (QED) is 0.184. The van der Waals surface area contributed by atoms with Crippen molar-refractivity contribution in [3.8, 4) is 51.6 Å². The van der Waals surface area contributed by atoms with Gasteiger partial charge in [-0.1, -0.05) is 72.8 Å². The molecule has 4 aliphatic carbocycles. The summed E-state index contributed by atoms with van der Waals surface area (Å²) in [4.78, 5) is 23.6. The molecule has 10 rings (SSSR count). The van der Waals surface area contributed by atoms with Crippen LogP contribution in [0.2, 0.25) is 0 Å². The number of nitrogens with zero attached hydrogens (tertiary/aromatic N) is 6. The summed E-state index contributed by atoms with van der Waals surface area (Å²) in [5.41, 5.74) is 8.16. The van der Waals surface area contributed by atoms with Crippen LogP contribution < -0.4 is 0 Å². The number of aromatic nitrogens is 5. The molecule has 0 aliphatic heterocycles. The van der Waals surface area contributed by atoms with Gasteiger partial charge in [0.1, 0.15) is 11.4 Å². The maximum atomic E-state index is 9.25. The van der Waals surface area contributed by atoms with Gasteiger partial charge in [-0.2, -0.15) is 5.26 Å². The van der Waals surface area contributed by atoms with Crippen LogP contribution in [0, 0.1) is 35.0 Å². The SMILES string of the molecule is N#Cc1ccc(-c2ccc(C3(c4ccc(-c5nc(-c6ccccn6)nc(-c6ccccn6)n5)cc4)C4CC5CC(C4)CC3C5)cc2)cc1. The van der Waals surface area contributed by atoms with E-state index in [9.17, 15) is 5.26 Å². The number of benzene rings is 3. The first-order valence-electron chi connectivity index (χ1n) is 17.0. The lowest BCUT2D eigenvalue weighted by Gasteiger charge is -2.62. The summed E-state index contributed by atoms with van der Waals surface area (Å²) in [5.74, 6) is 4.66. The van der Waals surface area contributed by atoms with E-state index in [4.69, 9.17) is 15.0 Å². The van der Waals surface area contributed by atoms with Gasteiger partial charge < -0.3 is 0 Å². The van der Waals surface area contributed by atoms with E-state index in [0.29, 0.717) is 46.3 Å². The van der Waals surface area contributed by atoms with E-state index in [2.05, 4.69) is 64.6 Å². The van der Waals surface area contributed by atoms with Gasteiger partial charge in [0, 0.05) is 23.4 Å². The Hall–Kier alpha value is -5.54. The normalized spacial score (nSPS) is 23.9. The van der Waals surface area contributed by atoms with Crippen LogP contribution in [0.25, 0.3) is 45.6 Å². The van der Waals surface area contributed by atoms with E-state index in [0.717, 1.165) is 23.0 Å². The van der Waals surface area contributed by atoms with Crippen LogP contribution in [0.1, 0.15) is 48.8 Å². The molecule has 48 heavy (non-hydrogen) atoms. The minimum Gasteiger partial charge on any atom is -0.253 e. The molecule has 6 heteroatoms. The zero-order valence-electron chi connectivity index (χ0n) is 26.6. The Morgan fingerprint density at radius 3 is 1.42 bits per heavy atom. The van der Waals surface area contributed by atoms with Crippen LogP contribution in [0.4, 0.5) is 0 Å². The topological polar surface area (TPSA) is 88.2 Å². The van der Waals surface area contributed by atoms with E-state index in [-0.39, 0.29) is 5.41 Å². The Bertz CT molecular complexity index is 2030. The minimum absolute atomic E-state index is 0.0213. The number of rotatable bonds is 6. The molecule has 3 aromatic heterocycles. The van der Waals surface area contributed by atoms with Crippen molar-refractivity contribution in [3.05, 3.63) is 138 Å². The molecule has 6 aromatic rings. The second kappa shape index (κ2) is 11.6. The third-order valence-corrected chi connectivity index (χ3v) is 11.2. The Morgan fingerprint density at radius 1 is 0.500 bits per heavy atom. The van der Waals surface area contributed by atoms with Gasteiger partial charge in [-0.3, -0.25) is 9.97 Å². The predicted molar refractivity (Wildman–Crippen MR) is 186 cm³/mol. The number of hydrogen-bond donors (Lipinski definition) is 0. The fourth-order valence-electron chi connectivity index (χ4n) is 9.33. The van der Waals surface area contributed by atoms with Gasteiger partial charge in [0.05, 0.1) is 11.6 Å². The van der Waals surface area contributed by atoms with Gasteiger partial charge in [-0.05, 0) is 114 Å². The second-order valence-electron chi connectivity index (χ2n) is 13.8. The molecule has 3 heterocycles. The Labute approximate surface area is 280 Å². The summed E-state index contributed by atoms with van der Waals surface area (Å²) in [6.07, 6.45) is 10.2. The van der Waals surface area contributed by atoms with Crippen molar-refractivity contribution in [3.63, 3.8) is 0 Å². The smallest absolute Gasteiger partial charge is 0.182 e. The largest absolute Gasteiger partial charge is 0.253 e. The predicted octanol–water partition coefficient (Wildman–Crippen LogP) is 8.94. The highest BCUT2D eigenvalue weighted by molar-refractivity contribution is 5.67. The molecule has 6 nitrogen and oxygen atoms in total. The van der Waals surface area contributed by atoms with Crippen molar-refractivity contribution < 1.29 is 0 Å². The summed E-state index contributed by atoms with van der Waals surface area (Å²) < 4.78 is 0. The molecule has 0 atom stereocenters. The highest BCUT2D eigenvalue weighted by Gasteiger charge is 2.58. The Balaban J connectivity index is 1.13. The first-order chi connectivity index (χ1) is 23.7. The van der Waals surface area contributed by atoms with Crippen LogP contribution in [0.15, 0.2) is 122 Å². The summed E-state index contributed by atoms with van der Waals surface area (Å²) in [6.45, 7) is 0. The first kappa shape index (κ1) is 28.7. The average Bonchev–Trinajstić information content (AvgIpc) is 3.16. The molecule has 4 bridgehead atoms. The molecular weight excluding hydrogens is 589 g/mol. The fraction of sp³-hybridized carbons (Fsp3) is 0.238. The fourth-order valence-corrected chi connectivity index (χ4v) is 9.33. The molecule has 0 amide bonds. The molecule has 4 aliphatic rings. The van der Waals surface area contributed by atoms with E-state index in [1.807, 2.05) is 60.7 Å². The summed E-state index contributed by atoms with van der Waals surface area (Å²) >= 11 is 0. The zero-order valence-corrected chi connectivity index (χ0v) is 26.6. The molecule has 0 unspecified atom stereocenters. The average molecular weight is 623 g/mol. The molecule has 0 spiro atoms. The van der Waals surface area contributed by atoms with Crippen LogP contribution in [-0.2, 0) is 5.41 Å². The Morgan fingerprint density at radius 2 is 0.958 bits per heavy atom. The van der Waals surface area contributed by atoms with Crippen molar-refractivity contribution in [2.45, 2.75) is 37.5 Å². The van der Waals surface area contributed by atoms with Crippen molar-refractivity contribution in [1.29, 1.82) is 5.26 Å². The zero-order chi connectivity index (χ0) is 32.1. The van der Waals surface area contributed by atoms with E-state index < -0.39 is 0 Å². The molecule has 0 saturated heterocycles. The second-order valence-corrected chi connectivity index (χ2v) is 13.8. The minimum atomic E-state index is -0.0213. The summed E-state index contributed by atoms with van der Waals surface area (Å²) in [5, 5.41) is 9.25. The third kappa shape index (κ3) is 4.81. The Kier molecular flexibility index (Phi) is 6.93. The molecule has 4 fully saturated rings. The molecule has 0 N–H and O–H groups in total. The van der Waals surface area contributed by atoms with Gasteiger partial charge in [0.25, 0.3) is 0 Å². The van der Waals surface area contributed by atoms with E-state index >= 15 is 0 Å². The number of nitriles is 1. The van der Waals surface area contributed by atoms with Gasteiger partial charge in [-0.15, -0.1) is 0 Å². The van der Waals surface area contributed by atoms with Crippen molar-refractivity contribution >= 4 is 0 Å². The van der Waals surface area contributed by atoms with Crippen molar-refractivity contribution in [2.75, 3.05) is 0 Å². The standard InChI is InChI=1S/C42H34N6/c43-26-27-7-9-30(10-8-27)31-11-15-33(16-12-31)42(35-22-28-21-29(24-35)25-36(42)23-28)34-17-13-32(14-18-34)39-46-40(37-5-1-3-19-44-37)48-41(47-39)38-6-2-4-20-45-38/h1-20,28-29,35-36H,21-25H2. The van der Waals surface area contributed by atoms with Gasteiger partial charge in [0.2, 0.25) is 0 Å². The lowest BCUT2D eigenvalue weighted by Crippen LogP contribution is -2.56. The van der Waals surface area contributed by atoms with Gasteiger partial charge >= 0.3 is 0 Å². The molecule has 232 valence electrons.